The lowest BCUT2D eigenvalue weighted by molar-refractivity contribution is -0.141. The molecular weight excluding hydrogens is 374 g/mol. The molecule has 2 amide bonds. The number of thiophene rings is 1. The minimum Gasteiger partial charge on any atom is -0.362 e. The number of hydrogen-bond donors (Lipinski definition) is 1. The maximum atomic E-state index is 12.8. The fourth-order valence-corrected chi connectivity index (χ4v) is 5.14. The van der Waals surface area contributed by atoms with Gasteiger partial charge in [-0.15, -0.1) is 11.3 Å². The standard InChI is InChI=1S/C21H25N3O3S/c1-14-6-11-28-18(14)20(26)24-10-8-21(15(2)13-24)7-5-17(27-21)19(25)23-16-4-3-9-22-12-16/h3-4,6,9,11-12,15,17H,5,7-8,10,13H2,1-2H3,(H,23,25)/t15-,17-,21-/m1/s1. The van der Waals surface area contributed by atoms with Crippen molar-refractivity contribution in [2.75, 3.05) is 18.4 Å². The Hall–Kier alpha value is -2.25. The Balaban J connectivity index is 1.38. The van der Waals surface area contributed by atoms with Gasteiger partial charge in [0.15, 0.2) is 0 Å². The zero-order valence-electron chi connectivity index (χ0n) is 16.2. The van der Waals surface area contributed by atoms with Crippen molar-refractivity contribution in [2.45, 2.75) is 44.8 Å². The van der Waals surface area contributed by atoms with E-state index in [1.54, 1.807) is 18.5 Å². The van der Waals surface area contributed by atoms with E-state index in [-0.39, 0.29) is 23.3 Å². The summed E-state index contributed by atoms with van der Waals surface area (Å²) in [5.41, 5.74) is 1.39. The summed E-state index contributed by atoms with van der Waals surface area (Å²) >= 11 is 1.50. The van der Waals surface area contributed by atoms with Gasteiger partial charge < -0.3 is 15.0 Å². The number of amides is 2. The van der Waals surface area contributed by atoms with E-state index in [9.17, 15) is 9.59 Å². The maximum absolute atomic E-state index is 12.8. The van der Waals surface area contributed by atoms with Crippen LogP contribution in [0.25, 0.3) is 0 Å². The summed E-state index contributed by atoms with van der Waals surface area (Å²) in [6, 6.07) is 5.59. The molecule has 0 radical (unpaired) electrons. The summed E-state index contributed by atoms with van der Waals surface area (Å²) in [6.07, 6.45) is 5.16. The fourth-order valence-electron chi connectivity index (χ4n) is 4.25. The highest BCUT2D eigenvalue weighted by molar-refractivity contribution is 7.12. The predicted molar refractivity (Wildman–Crippen MR) is 108 cm³/mol. The second-order valence-corrected chi connectivity index (χ2v) is 8.69. The number of nitrogens with zero attached hydrogens (tertiary/aromatic N) is 2. The predicted octanol–water partition coefficient (Wildman–Crippen LogP) is 3.49. The molecule has 148 valence electrons. The first-order valence-corrected chi connectivity index (χ1v) is 10.6. The Bertz CT molecular complexity index is 869. The highest BCUT2D eigenvalue weighted by atomic mass is 32.1. The van der Waals surface area contributed by atoms with Gasteiger partial charge in [-0.2, -0.15) is 0 Å². The number of ether oxygens (including phenoxy) is 1. The number of piperidine rings is 1. The molecule has 2 aromatic rings. The van der Waals surface area contributed by atoms with E-state index >= 15 is 0 Å². The zero-order chi connectivity index (χ0) is 19.7. The van der Waals surface area contributed by atoms with Crippen LogP contribution in [0.3, 0.4) is 0 Å². The fraction of sp³-hybridized carbons (Fsp3) is 0.476. The number of rotatable bonds is 3. The van der Waals surface area contributed by atoms with Crippen molar-refractivity contribution in [3.05, 3.63) is 46.4 Å². The molecule has 0 aromatic carbocycles. The molecule has 0 aliphatic carbocycles. The molecule has 2 saturated heterocycles. The Kier molecular flexibility index (Phi) is 5.21. The summed E-state index contributed by atoms with van der Waals surface area (Å²) in [5, 5.41) is 4.84. The lowest BCUT2D eigenvalue weighted by Crippen LogP contribution is -2.52. The SMILES string of the molecule is Cc1ccsc1C(=O)N1CC[C@]2(CC[C@H](C(=O)Nc3cccnc3)O2)[C@H](C)C1. The molecule has 7 heteroatoms. The third-order valence-electron chi connectivity index (χ3n) is 5.97. The number of aryl methyl sites for hydroxylation is 1. The molecular formula is C21H25N3O3S. The molecule has 0 unspecified atom stereocenters. The summed E-state index contributed by atoms with van der Waals surface area (Å²) in [6.45, 7) is 5.43. The number of nitrogens with one attached hydrogen (secondary N) is 1. The van der Waals surface area contributed by atoms with Gasteiger partial charge in [-0.3, -0.25) is 14.6 Å². The minimum absolute atomic E-state index is 0.109. The first kappa shape index (κ1) is 19.1. The highest BCUT2D eigenvalue weighted by Gasteiger charge is 2.49. The smallest absolute Gasteiger partial charge is 0.264 e. The van der Waals surface area contributed by atoms with E-state index < -0.39 is 6.10 Å². The van der Waals surface area contributed by atoms with Crippen LogP contribution in [0.15, 0.2) is 36.0 Å². The van der Waals surface area contributed by atoms with Crippen LogP contribution in [0.2, 0.25) is 0 Å². The monoisotopic (exact) mass is 399 g/mol. The van der Waals surface area contributed by atoms with Crippen LogP contribution in [-0.4, -0.2) is 46.5 Å². The molecule has 0 saturated carbocycles. The van der Waals surface area contributed by atoms with Crippen LogP contribution in [-0.2, 0) is 9.53 Å². The van der Waals surface area contributed by atoms with Crippen molar-refractivity contribution in [1.82, 2.24) is 9.88 Å². The van der Waals surface area contributed by atoms with Crippen molar-refractivity contribution in [3.8, 4) is 0 Å². The van der Waals surface area contributed by atoms with E-state index in [1.807, 2.05) is 29.3 Å². The van der Waals surface area contributed by atoms with E-state index in [1.165, 1.54) is 11.3 Å². The Morgan fingerprint density at radius 3 is 2.89 bits per heavy atom. The topological polar surface area (TPSA) is 71.5 Å². The molecule has 2 aliphatic heterocycles. The number of likely N-dealkylation sites (tertiary alicyclic amines) is 1. The van der Waals surface area contributed by atoms with Crippen LogP contribution in [0.4, 0.5) is 5.69 Å². The molecule has 1 spiro atoms. The normalized spacial score (nSPS) is 27.1. The van der Waals surface area contributed by atoms with Crippen molar-refractivity contribution >= 4 is 28.8 Å². The molecule has 2 aromatic heterocycles. The van der Waals surface area contributed by atoms with Crippen LogP contribution in [0, 0.1) is 12.8 Å². The summed E-state index contributed by atoms with van der Waals surface area (Å²) in [5.74, 6) is 0.171. The van der Waals surface area contributed by atoms with Crippen molar-refractivity contribution in [2.24, 2.45) is 5.92 Å². The van der Waals surface area contributed by atoms with Gasteiger partial charge >= 0.3 is 0 Å². The first-order chi connectivity index (χ1) is 13.5. The number of anilines is 1. The summed E-state index contributed by atoms with van der Waals surface area (Å²) < 4.78 is 6.31. The van der Waals surface area contributed by atoms with Crippen LogP contribution in [0.1, 0.15) is 41.4 Å². The third-order valence-corrected chi connectivity index (χ3v) is 6.97. The van der Waals surface area contributed by atoms with Crippen LogP contribution < -0.4 is 5.32 Å². The van der Waals surface area contributed by atoms with Gasteiger partial charge in [0, 0.05) is 25.2 Å². The van der Waals surface area contributed by atoms with Crippen molar-refractivity contribution < 1.29 is 14.3 Å². The van der Waals surface area contributed by atoms with Gasteiger partial charge in [0.05, 0.1) is 22.4 Å². The second-order valence-electron chi connectivity index (χ2n) is 7.78. The lowest BCUT2D eigenvalue weighted by Gasteiger charge is -2.44. The summed E-state index contributed by atoms with van der Waals surface area (Å²) in [7, 11) is 0. The molecule has 3 atom stereocenters. The van der Waals surface area contributed by atoms with Crippen LogP contribution in [0.5, 0.6) is 0 Å². The van der Waals surface area contributed by atoms with Gasteiger partial charge in [-0.1, -0.05) is 6.92 Å². The Labute approximate surface area is 168 Å². The van der Waals surface area contributed by atoms with E-state index in [0.29, 0.717) is 25.2 Å². The third kappa shape index (κ3) is 3.56. The van der Waals surface area contributed by atoms with E-state index in [2.05, 4.69) is 17.2 Å². The molecule has 28 heavy (non-hydrogen) atoms. The molecule has 2 aliphatic rings. The molecule has 4 heterocycles. The van der Waals surface area contributed by atoms with Gasteiger partial charge in [-0.05, 0) is 55.3 Å². The summed E-state index contributed by atoms with van der Waals surface area (Å²) in [4.78, 5) is 32.2. The van der Waals surface area contributed by atoms with Crippen molar-refractivity contribution in [3.63, 3.8) is 0 Å². The molecule has 2 fully saturated rings. The highest BCUT2D eigenvalue weighted by Crippen LogP contribution is 2.43. The number of aromatic nitrogens is 1. The molecule has 0 bridgehead atoms. The molecule has 6 nitrogen and oxygen atoms in total. The van der Waals surface area contributed by atoms with Crippen molar-refractivity contribution in [1.29, 1.82) is 0 Å². The largest absolute Gasteiger partial charge is 0.362 e. The molecule has 4 rings (SSSR count). The number of carbonyl (C=O) groups is 2. The van der Waals surface area contributed by atoms with E-state index in [0.717, 1.165) is 23.3 Å². The quantitative estimate of drug-likeness (QED) is 0.858. The minimum atomic E-state index is -0.454. The number of carbonyl (C=O) groups excluding carboxylic acids is 2. The molecule has 1 N–H and O–H groups in total. The Morgan fingerprint density at radius 2 is 2.21 bits per heavy atom. The average Bonchev–Trinajstić information content (AvgIpc) is 3.32. The number of pyridine rings is 1. The van der Waals surface area contributed by atoms with E-state index in [4.69, 9.17) is 4.74 Å². The lowest BCUT2D eigenvalue weighted by atomic mass is 9.80. The maximum Gasteiger partial charge on any atom is 0.264 e. The second kappa shape index (κ2) is 7.64. The number of hydrogen-bond acceptors (Lipinski definition) is 5. The van der Waals surface area contributed by atoms with Gasteiger partial charge in [-0.25, -0.2) is 0 Å². The van der Waals surface area contributed by atoms with Crippen LogP contribution >= 0.6 is 11.3 Å². The zero-order valence-corrected chi connectivity index (χ0v) is 17.0. The Morgan fingerprint density at radius 1 is 1.36 bits per heavy atom. The average molecular weight is 400 g/mol. The van der Waals surface area contributed by atoms with Gasteiger partial charge in [0.25, 0.3) is 11.8 Å². The van der Waals surface area contributed by atoms with Gasteiger partial charge in [0.1, 0.15) is 6.10 Å². The first-order valence-electron chi connectivity index (χ1n) is 9.70. The van der Waals surface area contributed by atoms with Gasteiger partial charge in [0.2, 0.25) is 0 Å².